The van der Waals surface area contributed by atoms with Crippen molar-refractivity contribution in [1.29, 1.82) is 0 Å². The average Bonchev–Trinajstić information content (AvgIpc) is 2.47. The average molecular weight is 287 g/mol. The lowest BCUT2D eigenvalue weighted by Gasteiger charge is -2.13. The highest BCUT2D eigenvalue weighted by Crippen LogP contribution is 2.35. The second-order valence-corrected chi connectivity index (χ2v) is 4.73. The van der Waals surface area contributed by atoms with Gasteiger partial charge in [-0.25, -0.2) is 0 Å². The van der Waals surface area contributed by atoms with Crippen molar-refractivity contribution in [2.75, 3.05) is 0 Å². The van der Waals surface area contributed by atoms with Gasteiger partial charge in [0.15, 0.2) is 0 Å². The molecular weight excluding hydrogens is 270 g/mol. The molecule has 1 N–H and O–H groups in total. The minimum atomic E-state index is -0.713. The molecule has 0 aromatic heterocycles. The molecule has 1 atom stereocenters. The van der Waals surface area contributed by atoms with Crippen LogP contribution in [0.25, 0.3) is 0 Å². The second kappa shape index (κ2) is 6.37. The highest BCUT2D eigenvalue weighted by atomic mass is 16.6. The Kier molecular flexibility index (Phi) is 4.55. The first-order chi connectivity index (χ1) is 10.0. The lowest BCUT2D eigenvalue weighted by atomic mass is 10.1. The van der Waals surface area contributed by atoms with Gasteiger partial charge in [-0.2, -0.15) is 0 Å². The Hall–Kier alpha value is -2.40. The van der Waals surface area contributed by atoms with Crippen LogP contribution in [0.3, 0.4) is 0 Å². The van der Waals surface area contributed by atoms with Crippen molar-refractivity contribution in [3.05, 3.63) is 63.7 Å². The number of hydrogen-bond acceptors (Lipinski definition) is 4. The SMILES string of the molecule is CCc1ccc(Oc2ccccc2[C@@H](C)O)c([N+](=O)[O-])c1. The van der Waals surface area contributed by atoms with Crippen LogP contribution in [0.15, 0.2) is 42.5 Å². The summed E-state index contributed by atoms with van der Waals surface area (Å²) >= 11 is 0. The quantitative estimate of drug-likeness (QED) is 0.666. The zero-order valence-electron chi connectivity index (χ0n) is 11.9. The number of aliphatic hydroxyl groups is 1. The van der Waals surface area contributed by atoms with Gasteiger partial charge >= 0.3 is 5.69 Å². The molecule has 21 heavy (non-hydrogen) atoms. The van der Waals surface area contributed by atoms with Gasteiger partial charge in [0.2, 0.25) is 5.75 Å². The van der Waals surface area contributed by atoms with Gasteiger partial charge in [-0.1, -0.05) is 31.2 Å². The van der Waals surface area contributed by atoms with Crippen molar-refractivity contribution in [2.24, 2.45) is 0 Å². The summed E-state index contributed by atoms with van der Waals surface area (Å²) in [6.45, 7) is 3.55. The van der Waals surface area contributed by atoms with Crippen LogP contribution in [0, 0.1) is 10.1 Å². The minimum Gasteiger partial charge on any atom is -0.450 e. The maximum atomic E-state index is 11.2. The number of benzene rings is 2. The van der Waals surface area contributed by atoms with E-state index in [1.165, 1.54) is 6.07 Å². The van der Waals surface area contributed by atoms with Crippen LogP contribution in [0.1, 0.15) is 31.1 Å². The Bertz CT molecular complexity index is 652. The third-order valence-corrected chi connectivity index (χ3v) is 3.22. The van der Waals surface area contributed by atoms with E-state index in [2.05, 4.69) is 0 Å². The largest absolute Gasteiger partial charge is 0.450 e. The number of nitro groups is 1. The maximum absolute atomic E-state index is 11.2. The van der Waals surface area contributed by atoms with Gasteiger partial charge in [0.05, 0.1) is 11.0 Å². The van der Waals surface area contributed by atoms with Gasteiger partial charge in [0.1, 0.15) is 5.75 Å². The molecule has 0 aliphatic heterocycles. The van der Waals surface area contributed by atoms with Crippen LogP contribution in [-0.4, -0.2) is 10.0 Å². The van der Waals surface area contributed by atoms with Gasteiger partial charge in [-0.05, 0) is 31.0 Å². The van der Waals surface area contributed by atoms with E-state index in [0.717, 1.165) is 5.56 Å². The molecule has 0 saturated heterocycles. The Labute approximate surface area is 123 Å². The molecule has 0 aliphatic rings. The Morgan fingerprint density at radius 1 is 1.24 bits per heavy atom. The van der Waals surface area contributed by atoms with Crippen molar-refractivity contribution in [1.82, 2.24) is 0 Å². The molecule has 2 aromatic carbocycles. The van der Waals surface area contributed by atoms with Crippen molar-refractivity contribution < 1.29 is 14.8 Å². The molecule has 0 radical (unpaired) electrons. The van der Waals surface area contributed by atoms with Crippen LogP contribution in [-0.2, 0) is 6.42 Å². The predicted molar refractivity (Wildman–Crippen MR) is 79.6 cm³/mol. The number of hydrogen-bond donors (Lipinski definition) is 1. The number of rotatable bonds is 5. The Morgan fingerprint density at radius 3 is 2.57 bits per heavy atom. The van der Waals surface area contributed by atoms with Gasteiger partial charge < -0.3 is 9.84 Å². The fourth-order valence-electron chi connectivity index (χ4n) is 2.05. The van der Waals surface area contributed by atoms with Crippen LogP contribution in [0.2, 0.25) is 0 Å². The van der Waals surface area contributed by atoms with Crippen molar-refractivity contribution in [3.63, 3.8) is 0 Å². The number of nitrogens with zero attached hydrogens (tertiary/aromatic N) is 1. The zero-order valence-corrected chi connectivity index (χ0v) is 11.9. The van der Waals surface area contributed by atoms with Crippen LogP contribution in [0.5, 0.6) is 11.5 Å². The van der Waals surface area contributed by atoms with E-state index in [4.69, 9.17) is 4.74 Å². The molecule has 2 aromatic rings. The van der Waals surface area contributed by atoms with E-state index < -0.39 is 11.0 Å². The Balaban J connectivity index is 2.42. The first kappa shape index (κ1) is 15.0. The van der Waals surface area contributed by atoms with Gasteiger partial charge in [0, 0.05) is 11.6 Å². The number of aryl methyl sites for hydroxylation is 1. The van der Waals surface area contributed by atoms with Crippen molar-refractivity contribution in [2.45, 2.75) is 26.4 Å². The fourth-order valence-corrected chi connectivity index (χ4v) is 2.05. The lowest BCUT2D eigenvalue weighted by Crippen LogP contribution is -1.99. The minimum absolute atomic E-state index is 0.0743. The molecule has 110 valence electrons. The molecule has 0 saturated carbocycles. The number of aliphatic hydroxyl groups excluding tert-OH is 1. The van der Waals surface area contributed by atoms with E-state index >= 15 is 0 Å². The molecule has 5 heteroatoms. The van der Waals surface area contributed by atoms with Crippen molar-refractivity contribution >= 4 is 5.69 Å². The molecule has 2 rings (SSSR count). The van der Waals surface area contributed by atoms with Gasteiger partial charge in [0.25, 0.3) is 0 Å². The summed E-state index contributed by atoms with van der Waals surface area (Å²) in [5, 5.41) is 20.9. The van der Waals surface area contributed by atoms with Crippen LogP contribution >= 0.6 is 0 Å². The predicted octanol–water partition coefficient (Wildman–Crippen LogP) is 4.00. The molecule has 0 bridgehead atoms. The molecule has 0 spiro atoms. The first-order valence-corrected chi connectivity index (χ1v) is 6.75. The summed E-state index contributed by atoms with van der Waals surface area (Å²) in [7, 11) is 0. The Morgan fingerprint density at radius 2 is 1.95 bits per heavy atom. The number of para-hydroxylation sites is 1. The van der Waals surface area contributed by atoms with E-state index in [9.17, 15) is 15.2 Å². The van der Waals surface area contributed by atoms with E-state index in [1.807, 2.05) is 6.92 Å². The highest BCUT2D eigenvalue weighted by molar-refractivity contribution is 5.51. The summed E-state index contributed by atoms with van der Waals surface area (Å²) in [6.07, 6.45) is 0.000867. The first-order valence-electron chi connectivity index (χ1n) is 6.75. The van der Waals surface area contributed by atoms with Crippen LogP contribution < -0.4 is 4.74 Å². The molecule has 0 unspecified atom stereocenters. The smallest absolute Gasteiger partial charge is 0.311 e. The number of ether oxygens (including phenoxy) is 1. The monoisotopic (exact) mass is 287 g/mol. The van der Waals surface area contributed by atoms with E-state index in [1.54, 1.807) is 43.3 Å². The zero-order chi connectivity index (χ0) is 15.4. The molecule has 0 amide bonds. The molecule has 0 aliphatic carbocycles. The molecule has 0 fully saturated rings. The molecule has 0 heterocycles. The molecular formula is C16H17NO4. The van der Waals surface area contributed by atoms with Gasteiger partial charge in [-0.3, -0.25) is 10.1 Å². The highest BCUT2D eigenvalue weighted by Gasteiger charge is 2.18. The third kappa shape index (κ3) is 3.38. The second-order valence-electron chi connectivity index (χ2n) is 4.73. The topological polar surface area (TPSA) is 72.6 Å². The lowest BCUT2D eigenvalue weighted by molar-refractivity contribution is -0.385. The van der Waals surface area contributed by atoms with E-state index in [0.29, 0.717) is 17.7 Å². The summed E-state index contributed by atoms with van der Waals surface area (Å²) in [5.74, 6) is 0.588. The number of nitro benzene ring substituents is 1. The molecule has 5 nitrogen and oxygen atoms in total. The standard InChI is InChI=1S/C16H17NO4/c1-3-12-8-9-16(14(10-12)17(19)20)21-15-7-5-4-6-13(15)11(2)18/h4-11,18H,3H2,1-2H3/t11-/m1/s1. The summed E-state index contributed by atoms with van der Waals surface area (Å²) < 4.78 is 5.66. The van der Waals surface area contributed by atoms with Crippen LogP contribution in [0.4, 0.5) is 5.69 Å². The summed E-state index contributed by atoms with van der Waals surface area (Å²) in [5.41, 5.74) is 1.39. The van der Waals surface area contributed by atoms with Gasteiger partial charge in [-0.15, -0.1) is 0 Å². The van der Waals surface area contributed by atoms with Crippen molar-refractivity contribution in [3.8, 4) is 11.5 Å². The van der Waals surface area contributed by atoms with E-state index in [-0.39, 0.29) is 11.4 Å². The summed E-state index contributed by atoms with van der Waals surface area (Å²) in [6, 6.07) is 11.9. The fraction of sp³-hybridized carbons (Fsp3) is 0.250. The maximum Gasteiger partial charge on any atom is 0.311 e. The normalized spacial score (nSPS) is 12.0. The third-order valence-electron chi connectivity index (χ3n) is 3.22. The summed E-state index contributed by atoms with van der Waals surface area (Å²) in [4.78, 5) is 10.7.